The van der Waals surface area contributed by atoms with Crippen molar-refractivity contribution >= 4 is 21.6 Å². The van der Waals surface area contributed by atoms with Crippen molar-refractivity contribution in [3.63, 3.8) is 0 Å². The average Bonchev–Trinajstić information content (AvgIpc) is 2.92. The van der Waals surface area contributed by atoms with Crippen LogP contribution in [-0.4, -0.2) is 18.3 Å². The normalized spacial score (nSPS) is 20.5. The Hall–Kier alpha value is -2.48. The summed E-state index contributed by atoms with van der Waals surface area (Å²) in [5.41, 5.74) is 2.41. The summed E-state index contributed by atoms with van der Waals surface area (Å²) >= 11 is 3.32. The third kappa shape index (κ3) is 7.23. The number of anilines is 1. The smallest absolute Gasteiger partial charge is 0.132 e. The SMILES string of the molecule is CC1(C)Oc2ccc(NCc3cccc(F)c3)cc2C(OCCC2CCCCC2)C1OCc1ccc(Br)cc1F. The highest BCUT2D eigenvalue weighted by Gasteiger charge is 2.46. The second kappa shape index (κ2) is 13.0. The van der Waals surface area contributed by atoms with Gasteiger partial charge in [0.15, 0.2) is 0 Å². The molecule has 1 saturated carbocycles. The fraction of sp³-hybridized carbons (Fsp3) is 0.455. The number of ether oxygens (including phenoxy) is 3. The van der Waals surface area contributed by atoms with Crippen LogP contribution in [0.25, 0.3) is 0 Å². The van der Waals surface area contributed by atoms with Crippen molar-refractivity contribution in [3.05, 3.63) is 93.5 Å². The fourth-order valence-electron chi connectivity index (χ4n) is 5.81. The lowest BCUT2D eigenvalue weighted by Gasteiger charge is -2.44. The molecule has 1 aliphatic heterocycles. The van der Waals surface area contributed by atoms with E-state index in [1.54, 1.807) is 12.1 Å². The van der Waals surface area contributed by atoms with Gasteiger partial charge in [-0.3, -0.25) is 0 Å². The first-order valence-corrected chi connectivity index (χ1v) is 15.1. The van der Waals surface area contributed by atoms with E-state index in [1.807, 2.05) is 44.2 Å². The van der Waals surface area contributed by atoms with Crippen molar-refractivity contribution in [1.29, 1.82) is 0 Å². The van der Waals surface area contributed by atoms with Crippen LogP contribution in [0.2, 0.25) is 0 Å². The third-order valence-corrected chi connectivity index (χ3v) is 8.51. The minimum atomic E-state index is -0.704. The van der Waals surface area contributed by atoms with Crippen LogP contribution >= 0.6 is 15.9 Å². The Kier molecular flexibility index (Phi) is 9.44. The molecular formula is C33H38BrF2NO3. The van der Waals surface area contributed by atoms with Gasteiger partial charge in [-0.15, -0.1) is 0 Å². The van der Waals surface area contributed by atoms with Crippen LogP contribution in [0.3, 0.4) is 0 Å². The van der Waals surface area contributed by atoms with Crippen molar-refractivity contribution in [3.8, 4) is 5.75 Å². The van der Waals surface area contributed by atoms with E-state index in [-0.39, 0.29) is 18.2 Å². The molecule has 2 unspecified atom stereocenters. The zero-order valence-electron chi connectivity index (χ0n) is 23.2. The molecule has 0 radical (unpaired) electrons. The molecule has 0 amide bonds. The standard InChI is InChI=1S/C33H38BrF2NO3/c1-33(2)32(39-21-24-11-12-25(34)18-29(24)36)31(38-16-15-22-7-4-3-5-8-22)28-19-27(13-14-30(28)40-33)37-20-23-9-6-10-26(35)17-23/h6,9-14,17-19,22,31-32,37H,3-5,7-8,15-16,20-21H2,1-2H3. The van der Waals surface area contributed by atoms with Gasteiger partial charge in [0.1, 0.15) is 35.2 Å². The molecule has 0 saturated heterocycles. The minimum Gasteiger partial charge on any atom is -0.485 e. The Morgan fingerprint density at radius 2 is 1.80 bits per heavy atom. The molecule has 1 aliphatic carbocycles. The molecule has 0 aromatic heterocycles. The van der Waals surface area contributed by atoms with Gasteiger partial charge in [0.25, 0.3) is 0 Å². The first kappa shape index (κ1) is 29.0. The van der Waals surface area contributed by atoms with E-state index in [4.69, 9.17) is 14.2 Å². The molecule has 1 fully saturated rings. The molecule has 1 N–H and O–H groups in total. The predicted octanol–water partition coefficient (Wildman–Crippen LogP) is 9.12. The molecule has 3 aromatic carbocycles. The zero-order valence-corrected chi connectivity index (χ0v) is 24.8. The summed E-state index contributed by atoms with van der Waals surface area (Å²) in [6.07, 6.45) is 6.59. The topological polar surface area (TPSA) is 39.7 Å². The maximum atomic E-state index is 14.6. The van der Waals surface area contributed by atoms with Gasteiger partial charge in [-0.25, -0.2) is 8.78 Å². The van der Waals surface area contributed by atoms with Gasteiger partial charge in [-0.1, -0.05) is 66.2 Å². The maximum Gasteiger partial charge on any atom is 0.132 e. The Bertz CT molecular complexity index is 1290. The number of hydrogen-bond donors (Lipinski definition) is 1. The van der Waals surface area contributed by atoms with E-state index >= 15 is 0 Å². The maximum absolute atomic E-state index is 14.6. The highest BCUT2D eigenvalue weighted by atomic mass is 79.9. The van der Waals surface area contributed by atoms with Crippen LogP contribution in [-0.2, 0) is 22.6 Å². The van der Waals surface area contributed by atoms with Crippen LogP contribution in [0.5, 0.6) is 5.75 Å². The Morgan fingerprint density at radius 1 is 0.975 bits per heavy atom. The number of hydrogen-bond acceptors (Lipinski definition) is 4. The van der Waals surface area contributed by atoms with E-state index in [0.29, 0.717) is 29.1 Å². The monoisotopic (exact) mass is 613 g/mol. The Labute approximate surface area is 244 Å². The van der Waals surface area contributed by atoms with Gasteiger partial charge >= 0.3 is 0 Å². The summed E-state index contributed by atoms with van der Waals surface area (Å²) in [5, 5.41) is 3.40. The van der Waals surface area contributed by atoms with E-state index in [0.717, 1.165) is 29.0 Å². The highest BCUT2D eigenvalue weighted by Crippen LogP contribution is 2.45. The lowest BCUT2D eigenvalue weighted by atomic mass is 9.86. The summed E-state index contributed by atoms with van der Waals surface area (Å²) in [6, 6.07) is 17.5. The Balaban J connectivity index is 1.37. The van der Waals surface area contributed by atoms with E-state index < -0.39 is 17.8 Å². The van der Waals surface area contributed by atoms with Crippen molar-refractivity contribution < 1.29 is 23.0 Å². The molecule has 2 atom stereocenters. The van der Waals surface area contributed by atoms with Crippen LogP contribution in [0.1, 0.15) is 75.2 Å². The van der Waals surface area contributed by atoms with Crippen molar-refractivity contribution in [2.24, 2.45) is 5.92 Å². The predicted molar refractivity (Wildman–Crippen MR) is 157 cm³/mol. The molecule has 0 spiro atoms. The first-order chi connectivity index (χ1) is 19.3. The van der Waals surface area contributed by atoms with Gasteiger partial charge in [-0.05, 0) is 74.2 Å². The van der Waals surface area contributed by atoms with E-state index in [2.05, 4.69) is 21.2 Å². The number of nitrogens with one attached hydrogen (secondary N) is 1. The minimum absolute atomic E-state index is 0.103. The number of halogens is 3. The van der Waals surface area contributed by atoms with E-state index in [9.17, 15) is 8.78 Å². The van der Waals surface area contributed by atoms with E-state index in [1.165, 1.54) is 50.3 Å². The quantitative estimate of drug-likeness (QED) is 0.247. The van der Waals surface area contributed by atoms with Crippen molar-refractivity contribution in [2.75, 3.05) is 11.9 Å². The van der Waals surface area contributed by atoms with Gasteiger partial charge in [-0.2, -0.15) is 0 Å². The molecule has 40 heavy (non-hydrogen) atoms. The molecule has 3 aromatic rings. The number of benzene rings is 3. The van der Waals surface area contributed by atoms with Crippen LogP contribution in [0.15, 0.2) is 65.1 Å². The third-order valence-electron chi connectivity index (χ3n) is 8.02. The molecule has 2 aliphatic rings. The van der Waals surface area contributed by atoms with Gasteiger partial charge in [0, 0.05) is 34.4 Å². The summed E-state index contributed by atoms with van der Waals surface area (Å²) in [6.45, 7) is 5.20. The second-order valence-electron chi connectivity index (χ2n) is 11.5. The zero-order chi connectivity index (χ0) is 28.1. The molecule has 5 rings (SSSR count). The summed E-state index contributed by atoms with van der Waals surface area (Å²) in [7, 11) is 0. The molecule has 1 heterocycles. The molecule has 214 valence electrons. The van der Waals surface area contributed by atoms with Crippen LogP contribution in [0.4, 0.5) is 14.5 Å². The summed E-state index contributed by atoms with van der Waals surface area (Å²) in [5.74, 6) is 0.868. The van der Waals surface area contributed by atoms with Crippen molar-refractivity contribution in [2.45, 2.75) is 83.3 Å². The van der Waals surface area contributed by atoms with Crippen LogP contribution < -0.4 is 10.1 Å². The highest BCUT2D eigenvalue weighted by molar-refractivity contribution is 9.10. The summed E-state index contributed by atoms with van der Waals surface area (Å²) < 4.78 is 48.5. The molecule has 7 heteroatoms. The van der Waals surface area contributed by atoms with Crippen LogP contribution in [0, 0.1) is 17.6 Å². The number of fused-ring (bicyclic) bond motifs is 1. The number of rotatable bonds is 10. The fourth-order valence-corrected chi connectivity index (χ4v) is 6.15. The van der Waals surface area contributed by atoms with Gasteiger partial charge in [0.2, 0.25) is 0 Å². The molecule has 0 bridgehead atoms. The molecular weight excluding hydrogens is 576 g/mol. The average molecular weight is 615 g/mol. The van der Waals surface area contributed by atoms with Gasteiger partial charge in [0.05, 0.1) is 6.61 Å². The first-order valence-electron chi connectivity index (χ1n) is 14.3. The lowest BCUT2D eigenvalue weighted by molar-refractivity contribution is -0.168. The van der Waals surface area contributed by atoms with Gasteiger partial charge < -0.3 is 19.5 Å². The lowest BCUT2D eigenvalue weighted by Crippen LogP contribution is -2.51. The molecule has 4 nitrogen and oxygen atoms in total. The second-order valence-corrected chi connectivity index (χ2v) is 12.4. The largest absolute Gasteiger partial charge is 0.485 e. The Morgan fingerprint density at radius 3 is 2.58 bits per heavy atom. The summed E-state index contributed by atoms with van der Waals surface area (Å²) in [4.78, 5) is 0. The van der Waals surface area contributed by atoms with Crippen molar-refractivity contribution in [1.82, 2.24) is 0 Å².